The number of alkyl halides is 3. The molecule has 0 atom stereocenters. The molecule has 0 fully saturated rings. The lowest BCUT2D eigenvalue weighted by atomic mass is 10.2. The van der Waals surface area contributed by atoms with Gasteiger partial charge in [-0.25, -0.2) is 9.67 Å². The Hall–Kier alpha value is -2.55. The number of carbonyl (C=O) groups is 1. The minimum absolute atomic E-state index is 0.112. The topological polar surface area (TPSA) is 83.6 Å². The van der Waals surface area contributed by atoms with E-state index in [0.717, 1.165) is 17.5 Å². The molecular weight excluding hydrogens is 447 g/mol. The quantitative estimate of drug-likeness (QED) is 0.534. The van der Waals surface area contributed by atoms with E-state index in [9.17, 15) is 18.0 Å². The predicted molar refractivity (Wildman–Crippen MR) is 105 cm³/mol. The van der Waals surface area contributed by atoms with E-state index in [2.05, 4.69) is 15.4 Å². The van der Waals surface area contributed by atoms with Gasteiger partial charge in [0.2, 0.25) is 0 Å². The van der Waals surface area contributed by atoms with Gasteiger partial charge in [-0.15, -0.1) is 0 Å². The lowest BCUT2D eigenvalue weighted by molar-refractivity contribution is -0.143. The number of hydrogen-bond donors (Lipinski definition) is 1. The third-order valence-corrected chi connectivity index (χ3v) is 6.15. The van der Waals surface area contributed by atoms with Gasteiger partial charge in [0.15, 0.2) is 10.8 Å². The molecule has 3 rings (SSSR count). The Labute approximate surface area is 176 Å². The molecule has 12 heteroatoms. The molecule has 3 aromatic rings. The first-order valence-corrected chi connectivity index (χ1v) is 10.1. The van der Waals surface area contributed by atoms with E-state index in [4.69, 9.17) is 16.9 Å². The standard InChI is InChI=1S/C17H11ClF3N5OS2/c1-9-15(28-7-6-22)29-16(24-9)25-14(27)12-8-23-26(13(12)17(19,20)21)11-4-2-10(18)3-5-11/h2-5,8H,7H2,1H3,(H,24,25,27). The summed E-state index contributed by atoms with van der Waals surface area (Å²) in [5.74, 6) is -0.786. The number of aromatic nitrogens is 3. The van der Waals surface area contributed by atoms with Crippen LogP contribution in [0, 0.1) is 18.3 Å². The van der Waals surface area contributed by atoms with E-state index < -0.39 is 23.3 Å². The Morgan fingerprint density at radius 3 is 2.69 bits per heavy atom. The number of aryl methyl sites for hydroxylation is 1. The van der Waals surface area contributed by atoms with Crippen molar-refractivity contribution < 1.29 is 18.0 Å². The maximum atomic E-state index is 13.7. The third-order valence-electron chi connectivity index (χ3n) is 3.60. The summed E-state index contributed by atoms with van der Waals surface area (Å²) in [5, 5.41) is 15.3. The summed E-state index contributed by atoms with van der Waals surface area (Å²) in [5.41, 5.74) is -1.14. The summed E-state index contributed by atoms with van der Waals surface area (Å²) in [6, 6.07) is 7.57. The molecule has 0 saturated heterocycles. The minimum atomic E-state index is -4.82. The molecule has 2 heterocycles. The van der Waals surface area contributed by atoms with Gasteiger partial charge in [-0.3, -0.25) is 10.1 Å². The van der Waals surface area contributed by atoms with E-state index in [1.165, 1.54) is 36.0 Å². The van der Waals surface area contributed by atoms with Gasteiger partial charge in [0.1, 0.15) is 0 Å². The van der Waals surface area contributed by atoms with Gasteiger partial charge in [0, 0.05) is 5.02 Å². The molecule has 1 amide bonds. The van der Waals surface area contributed by atoms with Crippen molar-refractivity contribution in [2.75, 3.05) is 11.1 Å². The maximum Gasteiger partial charge on any atom is 0.434 e. The van der Waals surface area contributed by atoms with Crippen molar-refractivity contribution >= 4 is 45.7 Å². The highest BCUT2D eigenvalue weighted by molar-refractivity contribution is 8.01. The van der Waals surface area contributed by atoms with E-state index in [0.29, 0.717) is 19.6 Å². The molecule has 1 N–H and O–H groups in total. The molecule has 0 spiro atoms. The molecular formula is C17H11ClF3N5OS2. The molecule has 0 aliphatic carbocycles. The molecule has 29 heavy (non-hydrogen) atoms. The Balaban J connectivity index is 1.93. The minimum Gasteiger partial charge on any atom is -0.298 e. The zero-order chi connectivity index (χ0) is 21.2. The first kappa shape index (κ1) is 21.2. The lowest BCUT2D eigenvalue weighted by Gasteiger charge is -2.12. The lowest BCUT2D eigenvalue weighted by Crippen LogP contribution is -2.20. The molecule has 0 aliphatic rings. The summed E-state index contributed by atoms with van der Waals surface area (Å²) >= 11 is 8.10. The molecule has 150 valence electrons. The number of halogens is 4. The molecule has 0 bridgehead atoms. The van der Waals surface area contributed by atoms with Crippen LogP contribution >= 0.6 is 34.7 Å². The highest BCUT2D eigenvalue weighted by Gasteiger charge is 2.40. The Morgan fingerprint density at radius 2 is 2.07 bits per heavy atom. The fourth-order valence-electron chi connectivity index (χ4n) is 2.40. The number of thioether (sulfide) groups is 1. The number of nitriles is 1. The van der Waals surface area contributed by atoms with Crippen LogP contribution in [0.15, 0.2) is 34.7 Å². The smallest absolute Gasteiger partial charge is 0.298 e. The number of amides is 1. The van der Waals surface area contributed by atoms with Crippen molar-refractivity contribution in [2.24, 2.45) is 0 Å². The van der Waals surface area contributed by atoms with E-state index in [1.54, 1.807) is 6.92 Å². The van der Waals surface area contributed by atoms with Gasteiger partial charge < -0.3 is 0 Å². The number of hydrogen-bond acceptors (Lipinski definition) is 6. The van der Waals surface area contributed by atoms with Crippen LogP contribution in [-0.2, 0) is 6.18 Å². The van der Waals surface area contributed by atoms with Crippen LogP contribution in [0.5, 0.6) is 0 Å². The Morgan fingerprint density at radius 1 is 1.38 bits per heavy atom. The predicted octanol–water partition coefficient (Wildman–Crippen LogP) is 5.18. The van der Waals surface area contributed by atoms with E-state index in [-0.39, 0.29) is 16.6 Å². The largest absolute Gasteiger partial charge is 0.434 e. The van der Waals surface area contributed by atoms with E-state index >= 15 is 0 Å². The molecule has 1 aromatic carbocycles. The normalized spacial score (nSPS) is 11.3. The van der Waals surface area contributed by atoms with Crippen molar-refractivity contribution in [3.63, 3.8) is 0 Å². The number of rotatable bonds is 5. The number of benzene rings is 1. The molecule has 0 aliphatic heterocycles. The number of nitrogens with one attached hydrogen (secondary N) is 1. The molecule has 6 nitrogen and oxygen atoms in total. The van der Waals surface area contributed by atoms with Gasteiger partial charge in [-0.05, 0) is 31.2 Å². The second-order valence-electron chi connectivity index (χ2n) is 5.59. The fraction of sp³-hybridized carbons (Fsp3) is 0.176. The van der Waals surface area contributed by atoms with Crippen LogP contribution in [0.3, 0.4) is 0 Å². The monoisotopic (exact) mass is 457 g/mol. The summed E-state index contributed by atoms with van der Waals surface area (Å²) in [6.07, 6.45) is -3.96. The van der Waals surface area contributed by atoms with Crippen LogP contribution in [0.1, 0.15) is 21.7 Å². The number of thiazole rings is 1. The highest BCUT2D eigenvalue weighted by atomic mass is 35.5. The van der Waals surface area contributed by atoms with E-state index in [1.807, 2.05) is 6.07 Å². The van der Waals surface area contributed by atoms with Crippen molar-refractivity contribution in [1.29, 1.82) is 5.26 Å². The van der Waals surface area contributed by atoms with Gasteiger partial charge in [-0.2, -0.15) is 23.5 Å². The van der Waals surface area contributed by atoms with Crippen LogP contribution in [0.2, 0.25) is 5.02 Å². The van der Waals surface area contributed by atoms with Gasteiger partial charge in [0.25, 0.3) is 5.91 Å². The zero-order valence-electron chi connectivity index (χ0n) is 14.6. The molecule has 0 saturated carbocycles. The summed E-state index contributed by atoms with van der Waals surface area (Å²) in [4.78, 5) is 16.7. The molecule has 0 radical (unpaired) electrons. The second-order valence-corrected chi connectivity index (χ2v) is 8.27. The maximum absolute atomic E-state index is 13.7. The molecule has 2 aromatic heterocycles. The first-order chi connectivity index (χ1) is 13.7. The number of anilines is 1. The number of nitrogens with zero attached hydrogens (tertiary/aromatic N) is 4. The van der Waals surface area contributed by atoms with Crippen molar-refractivity contribution in [3.8, 4) is 11.8 Å². The molecule has 0 unspecified atom stereocenters. The first-order valence-electron chi connectivity index (χ1n) is 7.90. The summed E-state index contributed by atoms with van der Waals surface area (Å²) < 4.78 is 42.4. The van der Waals surface area contributed by atoms with Crippen molar-refractivity contribution in [2.45, 2.75) is 17.3 Å². The zero-order valence-corrected chi connectivity index (χ0v) is 17.0. The second kappa shape index (κ2) is 8.44. The van der Waals surface area contributed by atoms with Crippen molar-refractivity contribution in [3.05, 3.63) is 52.4 Å². The highest BCUT2D eigenvalue weighted by Crippen LogP contribution is 2.35. The van der Waals surface area contributed by atoms with Gasteiger partial charge in [-0.1, -0.05) is 34.7 Å². The SMILES string of the molecule is Cc1nc(NC(=O)c2cnn(-c3ccc(Cl)cc3)c2C(F)(F)F)sc1SCC#N. The summed E-state index contributed by atoms with van der Waals surface area (Å²) in [7, 11) is 0. The average Bonchev–Trinajstić information content (AvgIpc) is 3.24. The summed E-state index contributed by atoms with van der Waals surface area (Å²) in [6.45, 7) is 1.69. The van der Waals surface area contributed by atoms with Crippen LogP contribution in [0.25, 0.3) is 5.69 Å². The number of carbonyl (C=O) groups excluding carboxylic acids is 1. The average molecular weight is 458 g/mol. The Bertz CT molecular complexity index is 1090. The van der Waals surface area contributed by atoms with Crippen LogP contribution in [-0.4, -0.2) is 26.4 Å². The third kappa shape index (κ3) is 4.72. The Kier molecular flexibility index (Phi) is 6.16. The fourth-order valence-corrected chi connectivity index (χ4v) is 4.32. The van der Waals surface area contributed by atoms with Crippen molar-refractivity contribution in [1.82, 2.24) is 14.8 Å². The van der Waals surface area contributed by atoms with Crippen LogP contribution in [0.4, 0.5) is 18.3 Å². The van der Waals surface area contributed by atoms with Crippen LogP contribution < -0.4 is 5.32 Å². The van der Waals surface area contributed by atoms with Gasteiger partial charge in [0.05, 0.1) is 39.2 Å². The van der Waals surface area contributed by atoms with Gasteiger partial charge >= 0.3 is 6.18 Å².